The van der Waals surface area contributed by atoms with Gasteiger partial charge in [-0.25, -0.2) is 13.2 Å². The van der Waals surface area contributed by atoms with E-state index < -0.39 is 39.5 Å². The minimum atomic E-state index is -4.40. The van der Waals surface area contributed by atoms with Crippen molar-refractivity contribution in [2.75, 3.05) is 13.7 Å². The number of aryl methyl sites for hydroxylation is 2. The summed E-state index contributed by atoms with van der Waals surface area (Å²) in [4.78, 5) is 22.0. The Morgan fingerprint density at radius 2 is 1.90 bits per heavy atom. The molecular formula is C11H15NO8S. The van der Waals surface area contributed by atoms with Crippen LogP contribution in [0.25, 0.3) is 0 Å². The molecule has 0 radical (unpaired) electrons. The summed E-state index contributed by atoms with van der Waals surface area (Å²) >= 11 is 0. The van der Waals surface area contributed by atoms with Gasteiger partial charge in [-0.2, -0.15) is 4.72 Å². The van der Waals surface area contributed by atoms with Crippen molar-refractivity contribution in [3.05, 3.63) is 17.1 Å². The van der Waals surface area contributed by atoms with Crippen molar-refractivity contribution in [3.8, 4) is 0 Å². The number of nitrogens with one attached hydrogen (secondary N) is 1. The van der Waals surface area contributed by atoms with Crippen molar-refractivity contribution in [2.24, 2.45) is 0 Å². The van der Waals surface area contributed by atoms with Crippen molar-refractivity contribution in [1.82, 2.24) is 4.72 Å². The molecule has 0 aliphatic carbocycles. The van der Waals surface area contributed by atoms with E-state index in [0.29, 0.717) is 0 Å². The van der Waals surface area contributed by atoms with Gasteiger partial charge in [0, 0.05) is 0 Å². The fraction of sp³-hybridized carbons (Fsp3) is 0.455. The molecule has 21 heavy (non-hydrogen) atoms. The normalized spacial score (nSPS) is 13.0. The van der Waals surface area contributed by atoms with Crippen LogP contribution in [0, 0.1) is 13.8 Å². The van der Waals surface area contributed by atoms with Gasteiger partial charge in [-0.05, 0) is 13.8 Å². The minimum Gasteiger partial charge on any atom is -0.480 e. The Morgan fingerprint density at radius 1 is 1.33 bits per heavy atom. The monoisotopic (exact) mass is 321 g/mol. The molecule has 0 saturated carbocycles. The highest BCUT2D eigenvalue weighted by molar-refractivity contribution is 7.89. The molecule has 10 heteroatoms. The number of aliphatic hydroxyl groups excluding tert-OH is 1. The predicted molar refractivity (Wildman–Crippen MR) is 68.4 cm³/mol. The van der Waals surface area contributed by atoms with Crippen LogP contribution in [0.1, 0.15) is 21.9 Å². The lowest BCUT2D eigenvalue weighted by molar-refractivity contribution is -0.139. The van der Waals surface area contributed by atoms with Crippen molar-refractivity contribution in [3.63, 3.8) is 0 Å². The molecule has 0 bridgehead atoms. The van der Waals surface area contributed by atoms with Crippen molar-refractivity contribution in [2.45, 2.75) is 24.8 Å². The number of aliphatic hydroxyl groups is 1. The molecule has 1 aromatic rings. The molecule has 0 spiro atoms. The third kappa shape index (κ3) is 3.40. The zero-order valence-electron chi connectivity index (χ0n) is 11.5. The number of esters is 1. The molecule has 0 aliphatic rings. The summed E-state index contributed by atoms with van der Waals surface area (Å²) in [5.41, 5.74) is -0.315. The largest absolute Gasteiger partial charge is 0.480 e. The fourth-order valence-corrected chi connectivity index (χ4v) is 3.32. The topological polar surface area (TPSA) is 143 Å². The highest BCUT2D eigenvalue weighted by Gasteiger charge is 2.34. The number of carboxylic acids is 1. The zero-order chi connectivity index (χ0) is 16.4. The van der Waals surface area contributed by atoms with Gasteiger partial charge in [-0.1, -0.05) is 0 Å². The van der Waals surface area contributed by atoms with Gasteiger partial charge in [0.1, 0.15) is 28.0 Å². The molecule has 1 atom stereocenters. The summed E-state index contributed by atoms with van der Waals surface area (Å²) in [7, 11) is -3.33. The molecular weight excluding hydrogens is 306 g/mol. The molecule has 0 unspecified atom stereocenters. The second kappa shape index (κ2) is 6.24. The quantitative estimate of drug-likeness (QED) is 0.590. The van der Waals surface area contributed by atoms with E-state index in [1.165, 1.54) is 13.8 Å². The molecule has 0 aromatic carbocycles. The van der Waals surface area contributed by atoms with E-state index >= 15 is 0 Å². The Hall–Kier alpha value is -1.91. The molecule has 3 N–H and O–H groups in total. The van der Waals surface area contributed by atoms with Gasteiger partial charge in [0.25, 0.3) is 0 Å². The molecule has 1 rings (SSSR count). The first-order valence-corrected chi connectivity index (χ1v) is 7.18. The summed E-state index contributed by atoms with van der Waals surface area (Å²) in [6, 6.07) is -1.74. The Kier molecular flexibility index (Phi) is 5.10. The van der Waals surface area contributed by atoms with Crippen LogP contribution in [-0.4, -0.2) is 50.3 Å². The summed E-state index contributed by atoms with van der Waals surface area (Å²) in [6.45, 7) is 1.74. The Morgan fingerprint density at radius 3 is 2.33 bits per heavy atom. The SMILES string of the molecule is COC(=O)c1c(C)oc(C)c1S(=O)(=O)N[C@H](CO)C(=O)O. The highest BCUT2D eigenvalue weighted by Crippen LogP contribution is 2.27. The van der Waals surface area contributed by atoms with Gasteiger partial charge in [0.15, 0.2) is 0 Å². The van der Waals surface area contributed by atoms with Crippen LogP contribution in [0.3, 0.4) is 0 Å². The number of methoxy groups -OCH3 is 1. The molecule has 0 amide bonds. The van der Waals surface area contributed by atoms with Crippen LogP contribution in [-0.2, 0) is 19.6 Å². The first-order valence-electron chi connectivity index (χ1n) is 5.70. The predicted octanol–water partition coefficient (Wildman–Crippen LogP) is -0.593. The number of furan rings is 1. The lowest BCUT2D eigenvalue weighted by atomic mass is 10.2. The van der Waals surface area contributed by atoms with E-state index in [2.05, 4.69) is 4.74 Å². The van der Waals surface area contributed by atoms with Crippen LogP contribution < -0.4 is 4.72 Å². The minimum absolute atomic E-state index is 0.0237. The molecule has 118 valence electrons. The molecule has 0 aliphatic heterocycles. The Balaban J connectivity index is 3.38. The average molecular weight is 321 g/mol. The molecule has 1 heterocycles. The number of sulfonamides is 1. The zero-order valence-corrected chi connectivity index (χ0v) is 12.4. The molecule has 9 nitrogen and oxygen atoms in total. The van der Waals surface area contributed by atoms with Crippen LogP contribution in [0.2, 0.25) is 0 Å². The third-order valence-corrected chi connectivity index (χ3v) is 4.27. The van der Waals surface area contributed by atoms with Crippen LogP contribution in [0.5, 0.6) is 0 Å². The third-order valence-electron chi connectivity index (χ3n) is 2.64. The highest BCUT2D eigenvalue weighted by atomic mass is 32.2. The number of hydrogen-bond acceptors (Lipinski definition) is 7. The Labute approximate surface area is 120 Å². The van der Waals surface area contributed by atoms with Crippen LogP contribution >= 0.6 is 0 Å². The first kappa shape index (κ1) is 17.1. The van der Waals surface area contributed by atoms with E-state index in [0.717, 1.165) is 7.11 Å². The van der Waals surface area contributed by atoms with Gasteiger partial charge < -0.3 is 19.4 Å². The van der Waals surface area contributed by atoms with Gasteiger partial charge in [-0.15, -0.1) is 0 Å². The van der Waals surface area contributed by atoms with E-state index in [-0.39, 0.29) is 17.1 Å². The number of carboxylic acid groups (broad SMARTS) is 1. The van der Waals surface area contributed by atoms with E-state index in [9.17, 15) is 18.0 Å². The van der Waals surface area contributed by atoms with Gasteiger partial charge in [-0.3, -0.25) is 4.79 Å². The van der Waals surface area contributed by atoms with Gasteiger partial charge in [0.2, 0.25) is 10.0 Å². The lowest BCUT2D eigenvalue weighted by Gasteiger charge is -2.12. The van der Waals surface area contributed by atoms with E-state index in [4.69, 9.17) is 14.6 Å². The second-order valence-electron chi connectivity index (χ2n) is 4.10. The van der Waals surface area contributed by atoms with Gasteiger partial charge in [0.05, 0.1) is 13.7 Å². The van der Waals surface area contributed by atoms with Crippen LogP contribution in [0.4, 0.5) is 0 Å². The fourth-order valence-electron chi connectivity index (χ4n) is 1.74. The number of ether oxygens (including phenoxy) is 1. The maximum Gasteiger partial charge on any atom is 0.342 e. The van der Waals surface area contributed by atoms with Gasteiger partial charge >= 0.3 is 11.9 Å². The maximum atomic E-state index is 12.2. The number of carbonyl (C=O) groups is 2. The van der Waals surface area contributed by atoms with E-state index in [1.54, 1.807) is 4.72 Å². The molecule has 0 saturated heterocycles. The summed E-state index contributed by atoms with van der Waals surface area (Å²) in [5.74, 6) is -2.56. The van der Waals surface area contributed by atoms with Crippen molar-refractivity contribution < 1.29 is 37.4 Å². The summed E-state index contributed by atoms with van der Waals surface area (Å²) in [6.07, 6.45) is 0. The lowest BCUT2D eigenvalue weighted by Crippen LogP contribution is -2.43. The Bertz CT molecular complexity index is 660. The van der Waals surface area contributed by atoms with Crippen molar-refractivity contribution >= 4 is 22.0 Å². The van der Waals surface area contributed by atoms with Crippen LogP contribution in [0.15, 0.2) is 9.31 Å². The standard InChI is InChI=1S/C11H15NO8S/c1-5-8(11(16)19-3)9(6(2)20-5)21(17,18)12-7(4-13)10(14)15/h7,12-13H,4H2,1-3H3,(H,14,15)/t7-/m1/s1. The number of hydrogen-bond donors (Lipinski definition) is 3. The average Bonchev–Trinajstić information content (AvgIpc) is 2.70. The maximum absolute atomic E-state index is 12.2. The van der Waals surface area contributed by atoms with Crippen molar-refractivity contribution in [1.29, 1.82) is 0 Å². The molecule has 0 fully saturated rings. The second-order valence-corrected chi connectivity index (χ2v) is 5.76. The first-order chi connectivity index (χ1) is 9.65. The number of rotatable bonds is 6. The molecule has 1 aromatic heterocycles. The number of carbonyl (C=O) groups excluding carboxylic acids is 1. The summed E-state index contributed by atoms with van der Waals surface area (Å²) < 4.78 is 35.8. The number of aliphatic carboxylic acids is 1. The smallest absolute Gasteiger partial charge is 0.342 e. The van der Waals surface area contributed by atoms with E-state index in [1.807, 2.05) is 0 Å². The summed E-state index contributed by atoms with van der Waals surface area (Å²) in [5, 5.41) is 17.7.